The van der Waals surface area contributed by atoms with E-state index in [9.17, 15) is 0 Å². The first kappa shape index (κ1) is 10.5. The molecule has 1 aromatic heterocycles. The minimum Gasteiger partial charge on any atom is -0.238 e. The van der Waals surface area contributed by atoms with Gasteiger partial charge in [-0.05, 0) is 37.0 Å². The van der Waals surface area contributed by atoms with Gasteiger partial charge < -0.3 is 0 Å². The van der Waals surface area contributed by atoms with Gasteiger partial charge in [0.2, 0.25) is 0 Å². The molecule has 2 aromatic rings. The molecule has 0 saturated carbocycles. The minimum absolute atomic E-state index is 0.879. The van der Waals surface area contributed by atoms with Crippen LogP contribution < -0.4 is 0 Å². The lowest BCUT2D eigenvalue weighted by Gasteiger charge is -2.05. The maximum absolute atomic E-state index is 4.57. The largest absolute Gasteiger partial charge is 0.238 e. The number of rotatable bonds is 1. The van der Waals surface area contributed by atoms with E-state index in [1.807, 2.05) is 6.92 Å². The van der Waals surface area contributed by atoms with Crippen molar-refractivity contribution in [3.8, 4) is 11.1 Å². The lowest BCUT2D eigenvalue weighted by atomic mass is 10.0. The molecule has 3 rings (SSSR count). The molecule has 0 unspecified atom stereocenters. The van der Waals surface area contributed by atoms with E-state index in [4.69, 9.17) is 0 Å². The number of aryl methyl sites for hydroxylation is 3. The van der Waals surface area contributed by atoms with Gasteiger partial charge in [0.15, 0.2) is 0 Å². The second-order valence-electron chi connectivity index (χ2n) is 4.70. The van der Waals surface area contributed by atoms with Gasteiger partial charge in [-0.2, -0.15) is 0 Å². The van der Waals surface area contributed by atoms with Crippen LogP contribution in [-0.4, -0.2) is 9.97 Å². The molecule has 17 heavy (non-hydrogen) atoms. The summed E-state index contributed by atoms with van der Waals surface area (Å²) in [5, 5.41) is 0. The van der Waals surface area contributed by atoms with Crippen LogP contribution in [0.4, 0.5) is 0 Å². The van der Waals surface area contributed by atoms with Crippen LogP contribution in [0.15, 0.2) is 18.2 Å². The highest BCUT2D eigenvalue weighted by atomic mass is 14.9. The van der Waals surface area contributed by atoms with Crippen molar-refractivity contribution >= 4 is 0 Å². The highest BCUT2D eigenvalue weighted by molar-refractivity contribution is 5.77. The van der Waals surface area contributed by atoms with E-state index < -0.39 is 0 Å². The molecule has 2 nitrogen and oxygen atoms in total. The van der Waals surface area contributed by atoms with Crippen LogP contribution in [-0.2, 0) is 12.8 Å². The molecule has 0 radical (unpaired) electrons. The van der Waals surface area contributed by atoms with Crippen molar-refractivity contribution in [1.82, 2.24) is 9.97 Å². The van der Waals surface area contributed by atoms with Crippen molar-refractivity contribution < 1.29 is 0 Å². The zero-order chi connectivity index (χ0) is 12.0. The number of fused-ring (bicyclic) bond motifs is 3. The molecule has 0 atom stereocenters. The van der Waals surface area contributed by atoms with Crippen LogP contribution in [0.2, 0.25) is 0 Å². The highest BCUT2D eigenvalue weighted by Gasteiger charge is 2.22. The maximum Gasteiger partial charge on any atom is 0.125 e. The average molecular weight is 224 g/mol. The van der Waals surface area contributed by atoms with E-state index in [0.29, 0.717) is 0 Å². The van der Waals surface area contributed by atoms with Gasteiger partial charge in [-0.1, -0.05) is 25.1 Å². The standard InChI is InChI=1S/C15H16N2/c1-4-11-5-6-13-12(7-11)8-14-15(13)9(2)16-10(3)17-14/h5-7H,4,8H2,1-3H3. The molecule has 1 aromatic carbocycles. The van der Waals surface area contributed by atoms with Gasteiger partial charge >= 0.3 is 0 Å². The monoisotopic (exact) mass is 224 g/mol. The average Bonchev–Trinajstić information content (AvgIpc) is 2.65. The van der Waals surface area contributed by atoms with Crippen LogP contribution in [0.3, 0.4) is 0 Å². The molecule has 1 heterocycles. The summed E-state index contributed by atoms with van der Waals surface area (Å²) >= 11 is 0. The summed E-state index contributed by atoms with van der Waals surface area (Å²) < 4.78 is 0. The van der Waals surface area contributed by atoms with E-state index in [-0.39, 0.29) is 0 Å². The number of benzene rings is 1. The molecule has 86 valence electrons. The Balaban J connectivity index is 2.22. The summed E-state index contributed by atoms with van der Waals surface area (Å²) in [6.45, 7) is 6.24. The first-order chi connectivity index (χ1) is 8.19. The van der Waals surface area contributed by atoms with Crippen molar-refractivity contribution in [2.75, 3.05) is 0 Å². The fourth-order valence-electron chi connectivity index (χ4n) is 2.70. The minimum atomic E-state index is 0.879. The third-order valence-electron chi connectivity index (χ3n) is 3.48. The fourth-order valence-corrected chi connectivity index (χ4v) is 2.70. The summed E-state index contributed by atoms with van der Waals surface area (Å²) in [5.74, 6) is 0.879. The number of hydrogen-bond donors (Lipinski definition) is 0. The fraction of sp³-hybridized carbons (Fsp3) is 0.333. The summed E-state index contributed by atoms with van der Waals surface area (Å²) in [6, 6.07) is 6.75. The molecule has 0 amide bonds. The number of nitrogens with zero attached hydrogens (tertiary/aromatic N) is 2. The normalized spacial score (nSPS) is 12.4. The van der Waals surface area contributed by atoms with Crippen molar-refractivity contribution in [2.24, 2.45) is 0 Å². The molecule has 0 saturated heterocycles. The second kappa shape index (κ2) is 3.66. The quantitative estimate of drug-likeness (QED) is 0.634. The molecule has 2 heteroatoms. The molecule has 0 aliphatic heterocycles. The molecular formula is C15H16N2. The molecule has 0 spiro atoms. The summed E-state index contributed by atoms with van der Waals surface area (Å²) in [4.78, 5) is 9.05. The summed E-state index contributed by atoms with van der Waals surface area (Å²) in [7, 11) is 0. The maximum atomic E-state index is 4.57. The van der Waals surface area contributed by atoms with Crippen LogP contribution in [0.25, 0.3) is 11.1 Å². The van der Waals surface area contributed by atoms with E-state index in [2.05, 4.69) is 42.0 Å². The Bertz CT molecular complexity index is 600. The molecule has 0 N–H and O–H groups in total. The van der Waals surface area contributed by atoms with E-state index >= 15 is 0 Å². The predicted molar refractivity (Wildman–Crippen MR) is 69.1 cm³/mol. The predicted octanol–water partition coefficient (Wildman–Crippen LogP) is 3.23. The third kappa shape index (κ3) is 1.55. The van der Waals surface area contributed by atoms with Crippen molar-refractivity contribution in [3.05, 3.63) is 46.5 Å². The Morgan fingerprint density at radius 3 is 2.76 bits per heavy atom. The zero-order valence-electron chi connectivity index (χ0n) is 10.5. The van der Waals surface area contributed by atoms with Gasteiger partial charge in [0.05, 0.1) is 5.69 Å². The molecule has 1 aliphatic carbocycles. The van der Waals surface area contributed by atoms with E-state index in [1.165, 1.54) is 27.9 Å². The van der Waals surface area contributed by atoms with Crippen LogP contribution in [0.5, 0.6) is 0 Å². The first-order valence-electron chi connectivity index (χ1n) is 6.15. The Morgan fingerprint density at radius 1 is 1.18 bits per heavy atom. The van der Waals surface area contributed by atoms with Gasteiger partial charge in [-0.25, -0.2) is 9.97 Å². The SMILES string of the molecule is CCc1ccc2c(c1)Cc1nc(C)nc(C)c1-2. The van der Waals surface area contributed by atoms with Gasteiger partial charge in [0.25, 0.3) is 0 Å². The third-order valence-corrected chi connectivity index (χ3v) is 3.48. The zero-order valence-corrected chi connectivity index (χ0v) is 10.5. The lowest BCUT2D eigenvalue weighted by Crippen LogP contribution is -1.97. The van der Waals surface area contributed by atoms with Crippen molar-refractivity contribution in [1.29, 1.82) is 0 Å². The Hall–Kier alpha value is -1.70. The number of aromatic nitrogens is 2. The Labute approximate surface area is 102 Å². The van der Waals surface area contributed by atoms with Gasteiger partial charge in [-0.15, -0.1) is 0 Å². The highest BCUT2D eigenvalue weighted by Crippen LogP contribution is 2.37. The van der Waals surface area contributed by atoms with Gasteiger partial charge in [0, 0.05) is 17.7 Å². The van der Waals surface area contributed by atoms with Crippen LogP contribution in [0, 0.1) is 13.8 Å². The van der Waals surface area contributed by atoms with Crippen LogP contribution in [0.1, 0.15) is 35.3 Å². The molecule has 1 aliphatic rings. The second-order valence-corrected chi connectivity index (χ2v) is 4.70. The summed E-state index contributed by atoms with van der Waals surface area (Å²) in [5.41, 5.74) is 7.69. The first-order valence-corrected chi connectivity index (χ1v) is 6.15. The lowest BCUT2D eigenvalue weighted by molar-refractivity contribution is 0.966. The topological polar surface area (TPSA) is 25.8 Å². The van der Waals surface area contributed by atoms with Gasteiger partial charge in [0.1, 0.15) is 5.82 Å². The van der Waals surface area contributed by atoms with Crippen molar-refractivity contribution in [3.63, 3.8) is 0 Å². The Kier molecular flexibility index (Phi) is 2.25. The number of hydrogen-bond acceptors (Lipinski definition) is 2. The Morgan fingerprint density at radius 2 is 2.00 bits per heavy atom. The van der Waals surface area contributed by atoms with E-state index in [1.54, 1.807) is 0 Å². The molecular weight excluding hydrogens is 208 g/mol. The summed E-state index contributed by atoms with van der Waals surface area (Å²) in [6.07, 6.45) is 2.05. The molecule has 0 bridgehead atoms. The van der Waals surface area contributed by atoms with Gasteiger partial charge in [-0.3, -0.25) is 0 Å². The smallest absolute Gasteiger partial charge is 0.125 e. The van der Waals surface area contributed by atoms with Crippen LogP contribution >= 0.6 is 0 Å². The van der Waals surface area contributed by atoms with Crippen molar-refractivity contribution in [2.45, 2.75) is 33.6 Å². The van der Waals surface area contributed by atoms with E-state index in [0.717, 1.165) is 24.4 Å². The molecule has 0 fully saturated rings.